The number of halogens is 1. The standard InChI is InChI=1S/C11H14ClNO5S/c1-3-11(12,19(2,17)18)10(14)8-4-6-9(7-5-8)13(15)16/h4-7,10,14H,3H2,1-2H3. The summed E-state index contributed by atoms with van der Waals surface area (Å²) >= 11 is 6.02. The molecule has 0 bridgehead atoms. The summed E-state index contributed by atoms with van der Waals surface area (Å²) in [5.41, 5.74) is 0.0693. The summed E-state index contributed by atoms with van der Waals surface area (Å²) in [6.45, 7) is 1.54. The first-order valence-corrected chi connectivity index (χ1v) is 7.71. The van der Waals surface area contributed by atoms with Crippen molar-refractivity contribution in [2.75, 3.05) is 6.26 Å². The van der Waals surface area contributed by atoms with Gasteiger partial charge in [-0.2, -0.15) is 0 Å². The van der Waals surface area contributed by atoms with Gasteiger partial charge >= 0.3 is 0 Å². The van der Waals surface area contributed by atoms with Gasteiger partial charge in [0, 0.05) is 18.4 Å². The highest BCUT2D eigenvalue weighted by Gasteiger charge is 2.44. The molecule has 2 atom stereocenters. The van der Waals surface area contributed by atoms with E-state index in [4.69, 9.17) is 11.6 Å². The van der Waals surface area contributed by atoms with Crippen LogP contribution in [0.1, 0.15) is 25.0 Å². The summed E-state index contributed by atoms with van der Waals surface area (Å²) in [6, 6.07) is 4.96. The van der Waals surface area contributed by atoms with Crippen LogP contribution < -0.4 is 0 Å². The third kappa shape index (κ3) is 3.05. The highest BCUT2D eigenvalue weighted by molar-refractivity contribution is 7.93. The molecule has 19 heavy (non-hydrogen) atoms. The topological polar surface area (TPSA) is 97.5 Å². The molecule has 2 unspecified atom stereocenters. The molecule has 0 aliphatic heterocycles. The second-order valence-electron chi connectivity index (χ2n) is 4.16. The average molecular weight is 308 g/mol. The van der Waals surface area contributed by atoms with Crippen molar-refractivity contribution in [3.05, 3.63) is 39.9 Å². The lowest BCUT2D eigenvalue weighted by Gasteiger charge is -2.29. The molecule has 1 aromatic carbocycles. The lowest BCUT2D eigenvalue weighted by molar-refractivity contribution is -0.384. The van der Waals surface area contributed by atoms with Crippen LogP contribution in [0, 0.1) is 10.1 Å². The van der Waals surface area contributed by atoms with Crippen LogP contribution >= 0.6 is 11.6 Å². The second-order valence-corrected chi connectivity index (χ2v) is 7.33. The zero-order valence-electron chi connectivity index (χ0n) is 10.4. The minimum Gasteiger partial charge on any atom is -0.385 e. The molecule has 1 N–H and O–H groups in total. The fraction of sp³-hybridized carbons (Fsp3) is 0.455. The van der Waals surface area contributed by atoms with E-state index in [-0.39, 0.29) is 17.7 Å². The monoisotopic (exact) mass is 307 g/mol. The Morgan fingerprint density at radius 1 is 1.42 bits per heavy atom. The van der Waals surface area contributed by atoms with Gasteiger partial charge < -0.3 is 5.11 Å². The normalized spacial score (nSPS) is 16.6. The number of alkyl halides is 1. The highest BCUT2D eigenvalue weighted by atomic mass is 35.5. The molecule has 0 aromatic heterocycles. The van der Waals surface area contributed by atoms with E-state index in [9.17, 15) is 23.6 Å². The molecular weight excluding hydrogens is 294 g/mol. The summed E-state index contributed by atoms with van der Waals surface area (Å²) in [5, 5.41) is 20.6. The van der Waals surface area contributed by atoms with Crippen LogP contribution in [0.5, 0.6) is 0 Å². The fourth-order valence-corrected chi connectivity index (χ4v) is 2.88. The van der Waals surface area contributed by atoms with E-state index in [1.807, 2.05) is 0 Å². The predicted octanol–water partition coefficient (Wildman–Crippen LogP) is 2.02. The fourth-order valence-electron chi connectivity index (χ4n) is 1.69. The third-order valence-electron chi connectivity index (χ3n) is 2.93. The number of sulfone groups is 1. The molecule has 0 amide bonds. The zero-order chi connectivity index (χ0) is 14.8. The van der Waals surface area contributed by atoms with Gasteiger partial charge in [0.25, 0.3) is 5.69 Å². The van der Waals surface area contributed by atoms with E-state index in [0.717, 1.165) is 6.26 Å². The Morgan fingerprint density at radius 3 is 2.21 bits per heavy atom. The van der Waals surface area contributed by atoms with Crippen molar-refractivity contribution in [1.29, 1.82) is 0 Å². The van der Waals surface area contributed by atoms with E-state index in [1.54, 1.807) is 6.92 Å². The first-order valence-electron chi connectivity index (χ1n) is 5.44. The lowest BCUT2D eigenvalue weighted by atomic mass is 10.0. The van der Waals surface area contributed by atoms with E-state index >= 15 is 0 Å². The molecule has 0 spiro atoms. The van der Waals surface area contributed by atoms with Crippen molar-refractivity contribution in [3.63, 3.8) is 0 Å². The SMILES string of the molecule is CCC(Cl)(C(O)c1ccc([N+](=O)[O-])cc1)S(C)(=O)=O. The maximum Gasteiger partial charge on any atom is 0.269 e. The van der Waals surface area contributed by atoms with Crippen molar-refractivity contribution >= 4 is 27.1 Å². The maximum absolute atomic E-state index is 11.7. The minimum absolute atomic E-state index is 0.00550. The molecule has 1 aromatic rings. The smallest absolute Gasteiger partial charge is 0.269 e. The lowest BCUT2D eigenvalue weighted by Crippen LogP contribution is -2.37. The molecule has 0 heterocycles. The van der Waals surface area contributed by atoms with E-state index in [1.165, 1.54) is 24.3 Å². The van der Waals surface area contributed by atoms with Crippen molar-refractivity contribution in [2.45, 2.75) is 23.7 Å². The summed E-state index contributed by atoms with van der Waals surface area (Å²) in [7, 11) is -3.71. The molecule has 0 saturated carbocycles. The van der Waals surface area contributed by atoms with Crippen LogP contribution in [-0.2, 0) is 9.84 Å². The van der Waals surface area contributed by atoms with Crippen molar-refractivity contribution in [2.24, 2.45) is 0 Å². The van der Waals surface area contributed by atoms with Crippen molar-refractivity contribution < 1.29 is 18.4 Å². The van der Waals surface area contributed by atoms with Gasteiger partial charge in [-0.25, -0.2) is 8.42 Å². The molecule has 0 radical (unpaired) electrons. The summed E-state index contributed by atoms with van der Waals surface area (Å²) in [5.74, 6) is 0. The number of nitrogens with zero attached hydrogens (tertiary/aromatic N) is 1. The quantitative estimate of drug-likeness (QED) is 0.510. The largest absolute Gasteiger partial charge is 0.385 e. The van der Waals surface area contributed by atoms with Gasteiger partial charge in [0.05, 0.1) is 4.92 Å². The minimum atomic E-state index is -3.71. The van der Waals surface area contributed by atoms with Gasteiger partial charge in [0.2, 0.25) is 0 Å². The van der Waals surface area contributed by atoms with Crippen LogP contribution in [0.2, 0.25) is 0 Å². The summed E-state index contributed by atoms with van der Waals surface area (Å²) < 4.78 is 21.5. The van der Waals surface area contributed by atoms with Gasteiger partial charge in [-0.3, -0.25) is 10.1 Å². The van der Waals surface area contributed by atoms with E-state index in [2.05, 4.69) is 0 Å². The van der Waals surface area contributed by atoms with Crippen LogP contribution in [0.3, 0.4) is 0 Å². The van der Waals surface area contributed by atoms with Crippen molar-refractivity contribution in [3.8, 4) is 0 Å². The number of aliphatic hydroxyl groups excluding tert-OH is 1. The molecule has 1 rings (SSSR count). The van der Waals surface area contributed by atoms with Crippen LogP contribution in [0.25, 0.3) is 0 Å². The molecular formula is C11H14ClNO5S. The number of benzene rings is 1. The molecule has 0 fully saturated rings. The molecule has 106 valence electrons. The summed E-state index contributed by atoms with van der Waals surface area (Å²) in [6.07, 6.45) is -0.515. The maximum atomic E-state index is 11.7. The second kappa shape index (κ2) is 5.44. The Kier molecular flexibility index (Phi) is 4.54. The molecule has 0 aliphatic rings. The number of non-ortho nitro benzene ring substituents is 1. The Bertz CT molecular complexity index is 571. The zero-order valence-corrected chi connectivity index (χ0v) is 12.0. The van der Waals surface area contributed by atoms with Crippen LogP contribution in [-0.4, -0.2) is 28.9 Å². The number of hydrogen-bond acceptors (Lipinski definition) is 5. The van der Waals surface area contributed by atoms with Gasteiger partial charge in [-0.05, 0) is 24.1 Å². The van der Waals surface area contributed by atoms with Crippen LogP contribution in [0.4, 0.5) is 5.69 Å². The predicted molar refractivity (Wildman–Crippen MR) is 71.8 cm³/mol. The van der Waals surface area contributed by atoms with Gasteiger partial charge in [0.1, 0.15) is 6.10 Å². The number of nitro benzene ring substituents is 1. The number of rotatable bonds is 5. The Labute approximate surface area is 116 Å². The Balaban J connectivity index is 3.19. The summed E-state index contributed by atoms with van der Waals surface area (Å²) in [4.78, 5) is 9.93. The number of hydrogen-bond donors (Lipinski definition) is 1. The van der Waals surface area contributed by atoms with Crippen LogP contribution in [0.15, 0.2) is 24.3 Å². The highest BCUT2D eigenvalue weighted by Crippen LogP contribution is 2.39. The van der Waals surface area contributed by atoms with Crippen molar-refractivity contribution in [1.82, 2.24) is 0 Å². The molecule has 0 aliphatic carbocycles. The van der Waals surface area contributed by atoms with E-state index in [0.29, 0.717) is 0 Å². The first kappa shape index (κ1) is 15.9. The van der Waals surface area contributed by atoms with Gasteiger partial charge in [-0.15, -0.1) is 0 Å². The Hall–Kier alpha value is -1.18. The third-order valence-corrected chi connectivity index (χ3v) is 5.99. The number of aliphatic hydroxyl groups is 1. The first-order chi connectivity index (χ1) is 8.63. The average Bonchev–Trinajstić information content (AvgIpc) is 2.35. The molecule has 8 heteroatoms. The van der Waals surface area contributed by atoms with Gasteiger partial charge in [0.15, 0.2) is 14.0 Å². The molecule has 6 nitrogen and oxygen atoms in total. The molecule has 0 saturated heterocycles. The van der Waals surface area contributed by atoms with E-state index < -0.39 is 25.1 Å². The van der Waals surface area contributed by atoms with Gasteiger partial charge in [-0.1, -0.05) is 18.5 Å². The number of nitro groups is 1. The Morgan fingerprint density at radius 2 is 1.89 bits per heavy atom.